The molecule has 2 heterocycles. The normalized spacial score (nSPS) is 12.0. The van der Waals surface area contributed by atoms with Crippen LogP contribution < -0.4 is 5.73 Å². The molecule has 116 valence electrons. The Morgan fingerprint density at radius 3 is 2.55 bits per heavy atom. The molecule has 2 rings (SSSR count). The molecular weight excluding hydrogens is 329 g/mol. The van der Waals surface area contributed by atoms with Crippen LogP contribution in [0.1, 0.15) is 11.1 Å². The number of nitrogens with zero attached hydrogens (tertiary/aromatic N) is 2. The fourth-order valence-electron chi connectivity index (χ4n) is 1.78. The summed E-state index contributed by atoms with van der Waals surface area (Å²) in [5.41, 5.74) is 7.03. The lowest BCUT2D eigenvalue weighted by molar-refractivity contribution is -0.146. The molecule has 0 amide bonds. The number of esters is 1. The van der Waals surface area contributed by atoms with Crippen LogP contribution in [-0.4, -0.2) is 27.1 Å². The van der Waals surface area contributed by atoms with Gasteiger partial charge in [-0.05, 0) is 35.7 Å². The molecule has 0 saturated heterocycles. The van der Waals surface area contributed by atoms with Crippen molar-refractivity contribution in [3.8, 4) is 5.75 Å². The Kier molecular flexibility index (Phi) is 5.54. The quantitative estimate of drug-likeness (QED) is 0.638. The van der Waals surface area contributed by atoms with Crippen molar-refractivity contribution in [2.24, 2.45) is 5.73 Å². The highest BCUT2D eigenvalue weighted by molar-refractivity contribution is 6.32. The first-order valence-electron chi connectivity index (χ1n) is 6.31. The second-order valence-electron chi connectivity index (χ2n) is 4.59. The van der Waals surface area contributed by atoms with Crippen LogP contribution in [-0.2, 0) is 22.6 Å². The highest BCUT2D eigenvalue weighted by Gasteiger charge is 2.16. The maximum atomic E-state index is 11.9. The van der Waals surface area contributed by atoms with Crippen LogP contribution in [0.25, 0.3) is 0 Å². The first kappa shape index (κ1) is 16.5. The SMILES string of the molecule is N[C@@H](Cc1cncc(O)c1)C(=O)OCc1cc(Cl)nc(Cl)c1. The third kappa shape index (κ3) is 4.84. The monoisotopic (exact) mass is 341 g/mol. The van der Waals surface area contributed by atoms with Gasteiger partial charge in [0, 0.05) is 6.20 Å². The van der Waals surface area contributed by atoms with Crippen molar-refractivity contribution in [1.29, 1.82) is 0 Å². The first-order chi connectivity index (χ1) is 10.4. The summed E-state index contributed by atoms with van der Waals surface area (Å²) in [5.74, 6) is -0.563. The van der Waals surface area contributed by atoms with Gasteiger partial charge in [0.25, 0.3) is 0 Å². The minimum Gasteiger partial charge on any atom is -0.506 e. The first-order valence-corrected chi connectivity index (χ1v) is 7.06. The van der Waals surface area contributed by atoms with Crippen molar-refractivity contribution in [3.05, 3.63) is 52.0 Å². The number of hydrogen-bond acceptors (Lipinski definition) is 6. The van der Waals surface area contributed by atoms with Gasteiger partial charge in [-0.15, -0.1) is 0 Å². The van der Waals surface area contributed by atoms with Gasteiger partial charge >= 0.3 is 5.97 Å². The van der Waals surface area contributed by atoms with Crippen molar-refractivity contribution >= 4 is 29.2 Å². The number of rotatable bonds is 5. The van der Waals surface area contributed by atoms with Crippen molar-refractivity contribution in [2.45, 2.75) is 19.1 Å². The summed E-state index contributed by atoms with van der Waals surface area (Å²) < 4.78 is 5.11. The van der Waals surface area contributed by atoms with Crippen LogP contribution in [0.5, 0.6) is 5.75 Å². The maximum Gasteiger partial charge on any atom is 0.323 e. The fourth-order valence-corrected chi connectivity index (χ4v) is 2.29. The second kappa shape index (κ2) is 7.40. The molecule has 1 atom stereocenters. The molecule has 8 heteroatoms. The van der Waals surface area contributed by atoms with Crippen LogP contribution in [0.3, 0.4) is 0 Å². The lowest BCUT2D eigenvalue weighted by atomic mass is 10.1. The number of carbonyl (C=O) groups is 1. The zero-order valence-electron chi connectivity index (χ0n) is 11.4. The highest BCUT2D eigenvalue weighted by atomic mass is 35.5. The molecule has 0 aromatic carbocycles. The minimum absolute atomic E-state index is 0.00716. The summed E-state index contributed by atoms with van der Waals surface area (Å²) >= 11 is 11.5. The van der Waals surface area contributed by atoms with E-state index < -0.39 is 12.0 Å². The van der Waals surface area contributed by atoms with Crippen LogP contribution in [0, 0.1) is 0 Å². The average molecular weight is 342 g/mol. The van der Waals surface area contributed by atoms with Gasteiger partial charge in [-0.2, -0.15) is 0 Å². The van der Waals surface area contributed by atoms with Crippen LogP contribution in [0.4, 0.5) is 0 Å². The molecule has 0 saturated carbocycles. The Hall–Kier alpha value is -1.89. The van der Waals surface area contributed by atoms with Crippen molar-refractivity contribution in [1.82, 2.24) is 9.97 Å². The van der Waals surface area contributed by atoms with Crippen LogP contribution >= 0.6 is 23.2 Å². The number of aromatic nitrogens is 2. The molecule has 0 radical (unpaired) electrons. The third-order valence-electron chi connectivity index (χ3n) is 2.74. The molecule has 2 aromatic heterocycles. The van der Waals surface area contributed by atoms with Gasteiger partial charge < -0.3 is 15.6 Å². The number of nitrogens with two attached hydrogens (primary N) is 1. The van der Waals surface area contributed by atoms with E-state index >= 15 is 0 Å². The van der Waals surface area contributed by atoms with E-state index in [-0.39, 0.29) is 29.1 Å². The lowest BCUT2D eigenvalue weighted by Gasteiger charge is -2.12. The van der Waals surface area contributed by atoms with Gasteiger partial charge in [-0.1, -0.05) is 23.2 Å². The molecule has 6 nitrogen and oxygen atoms in total. The van der Waals surface area contributed by atoms with Crippen molar-refractivity contribution in [3.63, 3.8) is 0 Å². The van der Waals surface area contributed by atoms with Crippen molar-refractivity contribution in [2.75, 3.05) is 0 Å². The zero-order chi connectivity index (χ0) is 16.1. The number of halogens is 2. The zero-order valence-corrected chi connectivity index (χ0v) is 12.9. The second-order valence-corrected chi connectivity index (χ2v) is 5.37. The Balaban J connectivity index is 1.91. The molecule has 3 N–H and O–H groups in total. The number of aromatic hydroxyl groups is 1. The fraction of sp³-hybridized carbons (Fsp3) is 0.214. The molecule has 0 spiro atoms. The molecule has 22 heavy (non-hydrogen) atoms. The van der Waals surface area contributed by atoms with E-state index in [4.69, 9.17) is 33.7 Å². The highest BCUT2D eigenvalue weighted by Crippen LogP contribution is 2.16. The Labute approximate surface area is 136 Å². The Bertz CT molecular complexity index is 662. The number of hydrogen-bond donors (Lipinski definition) is 2. The van der Waals surface area contributed by atoms with E-state index in [9.17, 15) is 9.90 Å². The summed E-state index contributed by atoms with van der Waals surface area (Å²) in [4.78, 5) is 19.5. The van der Waals surface area contributed by atoms with Gasteiger partial charge in [0.1, 0.15) is 28.7 Å². The minimum atomic E-state index is -0.864. The predicted molar refractivity (Wildman–Crippen MR) is 81.6 cm³/mol. The molecule has 0 fully saturated rings. The average Bonchev–Trinajstić information content (AvgIpc) is 2.43. The van der Waals surface area contributed by atoms with Crippen LogP contribution in [0.2, 0.25) is 10.3 Å². The number of ether oxygens (including phenoxy) is 1. The van der Waals surface area contributed by atoms with E-state index in [1.807, 2.05) is 0 Å². The van der Waals surface area contributed by atoms with Gasteiger partial charge in [-0.25, -0.2) is 4.98 Å². The smallest absolute Gasteiger partial charge is 0.323 e. The van der Waals surface area contributed by atoms with Gasteiger partial charge in [0.05, 0.1) is 6.20 Å². The molecular formula is C14H13Cl2N3O3. The van der Waals surface area contributed by atoms with Gasteiger partial charge in [0.2, 0.25) is 0 Å². The molecule has 0 aliphatic heterocycles. The van der Waals surface area contributed by atoms with Gasteiger partial charge in [0.15, 0.2) is 0 Å². The lowest BCUT2D eigenvalue weighted by Crippen LogP contribution is -2.34. The molecule has 0 aliphatic carbocycles. The van der Waals surface area contributed by atoms with Crippen LogP contribution in [0.15, 0.2) is 30.6 Å². The van der Waals surface area contributed by atoms with Crippen molar-refractivity contribution < 1.29 is 14.6 Å². The third-order valence-corrected chi connectivity index (χ3v) is 3.13. The van der Waals surface area contributed by atoms with E-state index in [1.165, 1.54) is 18.5 Å². The molecule has 0 bridgehead atoms. The number of pyridine rings is 2. The summed E-state index contributed by atoms with van der Waals surface area (Å²) in [6, 6.07) is 3.72. The topological polar surface area (TPSA) is 98.3 Å². The van der Waals surface area contributed by atoms with E-state index in [2.05, 4.69) is 9.97 Å². The summed E-state index contributed by atoms with van der Waals surface area (Å²) in [6.07, 6.45) is 3.03. The molecule has 2 aromatic rings. The number of carbonyl (C=O) groups excluding carboxylic acids is 1. The Morgan fingerprint density at radius 1 is 1.23 bits per heavy atom. The summed E-state index contributed by atoms with van der Waals surface area (Å²) in [7, 11) is 0. The van der Waals surface area contributed by atoms with E-state index in [0.717, 1.165) is 0 Å². The Morgan fingerprint density at radius 2 is 1.91 bits per heavy atom. The molecule has 0 aliphatic rings. The van der Waals surface area contributed by atoms with E-state index in [0.29, 0.717) is 11.1 Å². The summed E-state index contributed by atoms with van der Waals surface area (Å²) in [6.45, 7) is -0.00716. The summed E-state index contributed by atoms with van der Waals surface area (Å²) in [5, 5.41) is 9.75. The van der Waals surface area contributed by atoms with E-state index in [1.54, 1.807) is 12.1 Å². The van der Waals surface area contributed by atoms with Gasteiger partial charge in [-0.3, -0.25) is 9.78 Å². The molecule has 0 unspecified atom stereocenters. The maximum absolute atomic E-state index is 11.9. The standard InChI is InChI=1S/C14H13Cl2N3O3/c15-12-3-9(4-13(16)19-12)7-22-14(21)11(17)2-8-1-10(20)6-18-5-8/h1,3-6,11,20H,2,7,17H2/t11-/m0/s1. The largest absolute Gasteiger partial charge is 0.506 e. The predicted octanol–water partition coefficient (Wildman–Crippen LogP) is 2.10.